The maximum Gasteiger partial charge on any atom is 0.274 e. The molecule has 0 unspecified atom stereocenters. The molecule has 2 amide bonds. The molecule has 0 aliphatic rings. The summed E-state index contributed by atoms with van der Waals surface area (Å²) < 4.78 is 1.70. The number of carbonyl (C=O) groups is 2. The minimum absolute atomic E-state index is 0. The molecule has 0 saturated heterocycles. The minimum atomic E-state index is -0.759. The van der Waals surface area contributed by atoms with Gasteiger partial charge in [-0.1, -0.05) is 12.2 Å². The van der Waals surface area contributed by atoms with Gasteiger partial charge in [0.05, 0.1) is 21.2 Å². The number of phenols is 2. The molecule has 317 valence electrons. The van der Waals surface area contributed by atoms with E-state index in [1.54, 1.807) is 12.1 Å². The van der Waals surface area contributed by atoms with Gasteiger partial charge in [-0.2, -0.15) is 10.5 Å². The summed E-state index contributed by atoms with van der Waals surface area (Å²) in [5.41, 5.74) is -4.79. The van der Waals surface area contributed by atoms with Gasteiger partial charge < -0.3 is 31.1 Å². The first-order valence-corrected chi connectivity index (χ1v) is 16.6. The van der Waals surface area contributed by atoms with Crippen molar-refractivity contribution < 1.29 is 56.6 Å². The van der Waals surface area contributed by atoms with E-state index in [-0.39, 0.29) is 86.2 Å². The number of amides is 2. The first kappa shape index (κ1) is 48.6. The number of benzene rings is 2. The number of nitriles is 2. The summed E-state index contributed by atoms with van der Waals surface area (Å²) in [4.78, 5) is 67.9. The number of hydrogen-bond donors (Lipinski definition) is 6. The molecule has 1 radical (unpaired) electrons. The molecule has 6 N–H and O–H groups in total. The Morgan fingerprint density at radius 2 is 1.05 bits per heavy atom. The fourth-order valence-electron chi connectivity index (χ4n) is 5.06. The van der Waals surface area contributed by atoms with Gasteiger partial charge in [-0.3, -0.25) is 48.5 Å². The third-order valence-corrected chi connectivity index (χ3v) is 7.87. The van der Waals surface area contributed by atoms with Crippen LogP contribution in [0.25, 0.3) is 0 Å². The predicted molar refractivity (Wildman–Crippen MR) is 211 cm³/mol. The van der Waals surface area contributed by atoms with E-state index in [1.165, 1.54) is 26.0 Å². The Hall–Kier alpha value is -8.55. The van der Waals surface area contributed by atoms with E-state index in [9.17, 15) is 70.4 Å². The van der Waals surface area contributed by atoms with Gasteiger partial charge in [0.1, 0.15) is 34.6 Å². The van der Waals surface area contributed by atoms with Crippen LogP contribution < -0.4 is 21.8 Å². The van der Waals surface area contributed by atoms with Crippen LogP contribution in [-0.4, -0.2) is 51.2 Å². The largest absolute Gasteiger partial charge is 0.504 e. The van der Waals surface area contributed by atoms with E-state index in [1.807, 2.05) is 0 Å². The third kappa shape index (κ3) is 10.9. The van der Waals surface area contributed by atoms with Crippen molar-refractivity contribution in [3.05, 3.63) is 113 Å². The summed E-state index contributed by atoms with van der Waals surface area (Å²) in [6, 6.07) is 7.15. The summed E-state index contributed by atoms with van der Waals surface area (Å²) in [5, 5.41) is 102. The molecule has 2 aromatic carbocycles. The number of nitrogens with one attached hydrogen (secondary N) is 2. The second-order valence-corrected chi connectivity index (χ2v) is 12.0. The quantitative estimate of drug-likeness (QED) is 0.0321. The van der Waals surface area contributed by atoms with Crippen LogP contribution >= 0.6 is 0 Å². The Bertz CT molecular complexity index is 2580. The molecule has 4 rings (SSSR count). The number of allylic oxidation sites excluding steroid dienone is 2. The van der Waals surface area contributed by atoms with Gasteiger partial charge in [0.2, 0.25) is 23.6 Å². The first-order chi connectivity index (χ1) is 28.2. The van der Waals surface area contributed by atoms with Crippen molar-refractivity contribution in [1.29, 1.82) is 10.5 Å². The number of nitrogens with zero attached hydrogens (tertiary/aromatic N) is 10. The monoisotopic (exact) mass is 883 g/mol. The number of aromatic nitrogens is 2. The zero-order valence-corrected chi connectivity index (χ0v) is 33.2. The number of nitro benzene ring substituents is 2. The van der Waals surface area contributed by atoms with Gasteiger partial charge in [-0.25, -0.2) is 0 Å². The van der Waals surface area contributed by atoms with Crippen molar-refractivity contribution in [3.8, 4) is 35.4 Å². The van der Waals surface area contributed by atoms with E-state index in [4.69, 9.17) is 0 Å². The fourth-order valence-corrected chi connectivity index (χ4v) is 5.06. The molecule has 0 spiro atoms. The van der Waals surface area contributed by atoms with E-state index in [0.717, 1.165) is 47.2 Å². The number of phenolic OH excluding ortho intramolecular Hbond substituents is 2. The number of non-ortho nitro benzene ring substituents is 2. The molecule has 0 saturated carbocycles. The van der Waals surface area contributed by atoms with Crippen LogP contribution in [0.5, 0.6) is 23.3 Å². The average Bonchev–Trinajstić information content (AvgIpc) is 3.17. The molecule has 24 nitrogen and oxygen atoms in total. The Morgan fingerprint density at radius 1 is 0.721 bits per heavy atom. The summed E-state index contributed by atoms with van der Waals surface area (Å²) in [6.45, 7) is 11.7. The van der Waals surface area contributed by atoms with Crippen molar-refractivity contribution in [3.63, 3.8) is 0 Å². The normalized spacial score (nSPS) is 10.4. The van der Waals surface area contributed by atoms with Gasteiger partial charge in [0.25, 0.3) is 22.5 Å². The average molecular weight is 884 g/mol. The molecule has 61 heavy (non-hydrogen) atoms. The number of anilines is 2. The van der Waals surface area contributed by atoms with Gasteiger partial charge in [-0.05, 0) is 13.8 Å². The zero-order chi connectivity index (χ0) is 45.2. The zero-order valence-electron chi connectivity index (χ0n) is 32.2. The SMILES string of the molecule is C=CCn1c(O)c(N=Nc2cc([N+](=O)[O-])cc(NC(C)=O)c2O)c(C)c(C#N)c1=O.C=CCn1c(O)c(N=Nc2cc([N+](=O)[O-])cc(NC(C)=O)c2O)c(C)c(C#N)c1=O.[Co]. The van der Waals surface area contributed by atoms with Gasteiger partial charge in [0.15, 0.2) is 22.9 Å². The molecule has 2 aromatic heterocycles. The number of carbonyl (C=O) groups excluding carboxylic acids is 2. The van der Waals surface area contributed by atoms with Crippen LogP contribution in [0, 0.1) is 56.7 Å². The molecular weight excluding hydrogens is 851 g/mol. The molecule has 0 atom stereocenters. The topological polar surface area (TPSA) is 366 Å². The Labute approximate surface area is 352 Å². The summed E-state index contributed by atoms with van der Waals surface area (Å²) in [7, 11) is 0. The number of hydrogen-bond acceptors (Lipinski definition) is 18. The van der Waals surface area contributed by atoms with Crippen LogP contribution in [0.4, 0.5) is 45.5 Å². The first-order valence-electron chi connectivity index (χ1n) is 16.6. The number of rotatable bonds is 12. The standard InChI is InChI=1S/2C18H16N6O6.Co/c2*1-4-5-23-17(27)12(8-19)9(2)15(18(23)28)22-21-14-7-11(24(29)30)6-13(16(14)26)20-10(3)25;/h2*4,6-7,26,28H,1,5H2,2-3H3,(H,20,25);. The van der Waals surface area contributed by atoms with Crippen LogP contribution in [0.1, 0.15) is 36.1 Å². The number of pyridine rings is 2. The van der Waals surface area contributed by atoms with E-state index >= 15 is 0 Å². The minimum Gasteiger partial charge on any atom is -0.504 e. The number of aromatic hydroxyl groups is 4. The molecule has 0 aliphatic carbocycles. The fraction of sp³-hybridized carbons (Fsp3) is 0.167. The summed E-state index contributed by atoms with van der Waals surface area (Å²) >= 11 is 0. The molecule has 0 bridgehead atoms. The van der Waals surface area contributed by atoms with Crippen molar-refractivity contribution in [2.75, 3.05) is 10.6 Å². The third-order valence-electron chi connectivity index (χ3n) is 7.87. The van der Waals surface area contributed by atoms with Gasteiger partial charge in [-0.15, -0.1) is 33.6 Å². The van der Waals surface area contributed by atoms with E-state index in [2.05, 4.69) is 44.2 Å². The van der Waals surface area contributed by atoms with Gasteiger partial charge in [0, 0.05) is 79.1 Å². The Morgan fingerprint density at radius 3 is 1.31 bits per heavy atom. The summed E-state index contributed by atoms with van der Waals surface area (Å²) in [6.07, 6.45) is 2.65. The molecule has 4 aromatic rings. The van der Waals surface area contributed by atoms with Crippen LogP contribution in [-0.2, 0) is 39.5 Å². The molecular formula is C36H32CoN12O12. The molecule has 0 aliphatic heterocycles. The van der Waals surface area contributed by atoms with Crippen LogP contribution in [0.15, 0.2) is 79.6 Å². The Kier molecular flexibility index (Phi) is 16.5. The van der Waals surface area contributed by atoms with Crippen molar-refractivity contribution in [2.24, 2.45) is 20.5 Å². The molecule has 25 heteroatoms. The number of nitro groups is 2. The van der Waals surface area contributed by atoms with E-state index < -0.39 is 67.4 Å². The maximum atomic E-state index is 12.3. The van der Waals surface area contributed by atoms with E-state index in [0.29, 0.717) is 0 Å². The number of azo groups is 2. The van der Waals surface area contributed by atoms with Crippen molar-refractivity contribution in [1.82, 2.24) is 9.13 Å². The van der Waals surface area contributed by atoms with Crippen LogP contribution in [0.3, 0.4) is 0 Å². The predicted octanol–water partition coefficient (Wildman–Crippen LogP) is 5.81. The smallest absolute Gasteiger partial charge is 0.274 e. The maximum absolute atomic E-state index is 12.3. The summed E-state index contributed by atoms with van der Waals surface area (Å²) in [5.74, 6) is -3.58. The van der Waals surface area contributed by atoms with Crippen molar-refractivity contribution in [2.45, 2.75) is 40.8 Å². The Balaban J connectivity index is 0.000000413. The molecule has 0 fully saturated rings. The molecule has 2 heterocycles. The second-order valence-electron chi connectivity index (χ2n) is 12.0. The van der Waals surface area contributed by atoms with Crippen LogP contribution in [0.2, 0.25) is 0 Å². The second kappa shape index (κ2) is 20.7. The van der Waals surface area contributed by atoms with Crippen molar-refractivity contribution >= 4 is 57.3 Å². The van der Waals surface area contributed by atoms with Gasteiger partial charge >= 0.3 is 0 Å².